The van der Waals surface area contributed by atoms with Gasteiger partial charge in [-0.05, 0) is 36.6 Å². The standard InChI is InChI=1S/C21H23N5O2/c1-25-8-7-13-5-6-16(24-20(13)25)21(28)23-12-18-15-9-14(10-22-11-15)17-3-2-4-19(27)26(17)18/h2-8,14-15,18,22H,9-12H2,1H3,(H,23,28)/t14-,15+,18+/m1/s1. The molecule has 3 atom stereocenters. The van der Waals surface area contributed by atoms with Gasteiger partial charge in [0.25, 0.3) is 11.5 Å². The molecule has 0 unspecified atom stereocenters. The van der Waals surface area contributed by atoms with Crippen LogP contribution in [0.3, 0.4) is 0 Å². The Balaban J connectivity index is 1.41. The fourth-order valence-electron chi connectivity index (χ4n) is 4.72. The Kier molecular flexibility index (Phi) is 4.05. The molecule has 28 heavy (non-hydrogen) atoms. The van der Waals surface area contributed by atoms with Crippen molar-refractivity contribution in [3.05, 3.63) is 64.3 Å². The number of hydrogen-bond acceptors (Lipinski definition) is 4. The van der Waals surface area contributed by atoms with E-state index in [1.807, 2.05) is 46.6 Å². The molecule has 5 rings (SSSR count). The summed E-state index contributed by atoms with van der Waals surface area (Å²) in [4.78, 5) is 29.8. The van der Waals surface area contributed by atoms with Crippen molar-refractivity contribution in [1.82, 2.24) is 24.8 Å². The average Bonchev–Trinajstić information content (AvgIpc) is 3.09. The fraction of sp³-hybridized carbons (Fsp3) is 0.381. The number of nitrogens with zero attached hydrogens (tertiary/aromatic N) is 3. The molecular weight excluding hydrogens is 354 g/mol. The molecule has 0 radical (unpaired) electrons. The summed E-state index contributed by atoms with van der Waals surface area (Å²) in [5.41, 5.74) is 2.26. The summed E-state index contributed by atoms with van der Waals surface area (Å²) >= 11 is 0. The number of carbonyl (C=O) groups is 1. The number of pyridine rings is 2. The Morgan fingerprint density at radius 3 is 3.04 bits per heavy atom. The van der Waals surface area contributed by atoms with Crippen LogP contribution < -0.4 is 16.2 Å². The molecule has 3 aromatic rings. The Hall–Kier alpha value is -2.93. The molecule has 1 amide bonds. The summed E-state index contributed by atoms with van der Waals surface area (Å²) in [5, 5.41) is 7.50. The van der Waals surface area contributed by atoms with Gasteiger partial charge in [0.05, 0.1) is 6.04 Å². The van der Waals surface area contributed by atoms with Crippen molar-refractivity contribution >= 4 is 16.9 Å². The van der Waals surface area contributed by atoms with Crippen LogP contribution in [0.1, 0.15) is 34.6 Å². The van der Waals surface area contributed by atoms with Gasteiger partial charge in [-0.3, -0.25) is 9.59 Å². The van der Waals surface area contributed by atoms with Gasteiger partial charge in [-0.1, -0.05) is 6.07 Å². The van der Waals surface area contributed by atoms with Gasteiger partial charge in [0.15, 0.2) is 0 Å². The number of fused-ring (bicyclic) bond motifs is 5. The molecule has 2 bridgehead atoms. The lowest BCUT2D eigenvalue weighted by Crippen LogP contribution is -2.50. The molecule has 2 aliphatic heterocycles. The number of aryl methyl sites for hydroxylation is 1. The maximum absolute atomic E-state index is 12.7. The molecule has 0 spiro atoms. The van der Waals surface area contributed by atoms with Crippen molar-refractivity contribution < 1.29 is 4.79 Å². The van der Waals surface area contributed by atoms with Crippen LogP contribution in [0.25, 0.3) is 11.0 Å². The van der Waals surface area contributed by atoms with E-state index in [2.05, 4.69) is 15.6 Å². The molecule has 3 aromatic heterocycles. The van der Waals surface area contributed by atoms with Gasteiger partial charge in [-0.2, -0.15) is 0 Å². The summed E-state index contributed by atoms with van der Waals surface area (Å²) < 4.78 is 3.80. The summed E-state index contributed by atoms with van der Waals surface area (Å²) in [6.45, 7) is 2.19. The van der Waals surface area contributed by atoms with Gasteiger partial charge in [0.1, 0.15) is 11.3 Å². The largest absolute Gasteiger partial charge is 0.349 e. The lowest BCUT2D eigenvalue weighted by molar-refractivity contribution is 0.0927. The molecule has 1 fully saturated rings. The predicted octanol–water partition coefficient (Wildman–Crippen LogP) is 1.41. The lowest BCUT2D eigenvalue weighted by atomic mass is 9.79. The number of hydrogen-bond donors (Lipinski definition) is 2. The van der Waals surface area contributed by atoms with Crippen molar-refractivity contribution in [3.63, 3.8) is 0 Å². The van der Waals surface area contributed by atoms with Crippen molar-refractivity contribution in [1.29, 1.82) is 0 Å². The molecule has 5 heterocycles. The molecule has 7 nitrogen and oxygen atoms in total. The van der Waals surface area contributed by atoms with Gasteiger partial charge in [0.2, 0.25) is 0 Å². The minimum absolute atomic E-state index is 0.0108. The zero-order valence-electron chi connectivity index (χ0n) is 15.8. The minimum Gasteiger partial charge on any atom is -0.349 e. The summed E-state index contributed by atoms with van der Waals surface area (Å²) in [5.74, 6) is 0.482. The summed E-state index contributed by atoms with van der Waals surface area (Å²) in [6, 6.07) is 11.1. The first-order valence-electron chi connectivity index (χ1n) is 9.74. The Bertz CT molecular complexity index is 1120. The minimum atomic E-state index is -0.209. The van der Waals surface area contributed by atoms with E-state index in [1.165, 1.54) is 0 Å². The molecule has 0 saturated carbocycles. The van der Waals surface area contributed by atoms with Crippen LogP contribution in [0.4, 0.5) is 0 Å². The van der Waals surface area contributed by atoms with Gasteiger partial charge in [-0.25, -0.2) is 4.98 Å². The molecule has 1 saturated heterocycles. The molecule has 144 valence electrons. The monoisotopic (exact) mass is 377 g/mol. The third kappa shape index (κ3) is 2.74. The highest BCUT2D eigenvalue weighted by molar-refractivity contribution is 5.94. The third-order valence-electron chi connectivity index (χ3n) is 6.12. The highest BCUT2D eigenvalue weighted by Crippen LogP contribution is 2.38. The average molecular weight is 377 g/mol. The molecule has 0 aliphatic carbocycles. The number of rotatable bonds is 3. The zero-order valence-corrected chi connectivity index (χ0v) is 15.8. The summed E-state index contributed by atoms with van der Waals surface area (Å²) in [7, 11) is 1.91. The quantitative estimate of drug-likeness (QED) is 0.723. The van der Waals surface area contributed by atoms with E-state index in [4.69, 9.17) is 0 Å². The van der Waals surface area contributed by atoms with Gasteiger partial charge in [-0.15, -0.1) is 0 Å². The van der Waals surface area contributed by atoms with Gasteiger partial charge < -0.3 is 19.8 Å². The molecular formula is C21H23N5O2. The SMILES string of the molecule is Cn1ccc2ccc(C(=O)NC[C@H]3[C@@H]4CNC[C@@H](C4)c4cccc(=O)n43)nc21. The van der Waals surface area contributed by atoms with E-state index in [1.54, 1.807) is 12.1 Å². The highest BCUT2D eigenvalue weighted by atomic mass is 16.2. The van der Waals surface area contributed by atoms with E-state index in [0.29, 0.717) is 24.1 Å². The molecule has 2 N–H and O–H groups in total. The first kappa shape index (κ1) is 17.2. The van der Waals surface area contributed by atoms with Crippen LogP contribution >= 0.6 is 0 Å². The van der Waals surface area contributed by atoms with Gasteiger partial charge >= 0.3 is 0 Å². The van der Waals surface area contributed by atoms with E-state index in [-0.39, 0.29) is 17.5 Å². The fourth-order valence-corrected chi connectivity index (χ4v) is 4.72. The summed E-state index contributed by atoms with van der Waals surface area (Å²) in [6.07, 6.45) is 2.97. The first-order chi connectivity index (χ1) is 13.6. The first-order valence-corrected chi connectivity index (χ1v) is 9.74. The molecule has 2 aliphatic rings. The second kappa shape index (κ2) is 6.60. The Labute approximate surface area is 162 Å². The maximum Gasteiger partial charge on any atom is 0.270 e. The number of amides is 1. The topological polar surface area (TPSA) is 81.0 Å². The number of aromatic nitrogens is 3. The van der Waals surface area contributed by atoms with Crippen molar-refractivity contribution in [2.24, 2.45) is 13.0 Å². The van der Waals surface area contributed by atoms with Gasteiger partial charge in [0, 0.05) is 55.9 Å². The van der Waals surface area contributed by atoms with Crippen molar-refractivity contribution in [2.45, 2.75) is 18.4 Å². The second-order valence-corrected chi connectivity index (χ2v) is 7.82. The van der Waals surface area contributed by atoms with Crippen LogP contribution in [0, 0.1) is 5.92 Å². The Morgan fingerprint density at radius 2 is 2.14 bits per heavy atom. The van der Waals surface area contributed by atoms with Crippen LogP contribution in [-0.2, 0) is 7.05 Å². The number of piperidine rings is 1. The van der Waals surface area contributed by atoms with Crippen molar-refractivity contribution in [3.8, 4) is 0 Å². The van der Waals surface area contributed by atoms with E-state index in [9.17, 15) is 9.59 Å². The molecule has 0 aromatic carbocycles. The van der Waals surface area contributed by atoms with Crippen LogP contribution in [-0.4, -0.2) is 39.7 Å². The predicted molar refractivity (Wildman–Crippen MR) is 107 cm³/mol. The maximum atomic E-state index is 12.7. The smallest absolute Gasteiger partial charge is 0.270 e. The van der Waals surface area contributed by atoms with Crippen LogP contribution in [0.5, 0.6) is 0 Å². The number of nitrogens with one attached hydrogen (secondary N) is 2. The zero-order chi connectivity index (χ0) is 19.3. The highest BCUT2D eigenvalue weighted by Gasteiger charge is 2.37. The van der Waals surface area contributed by atoms with E-state index < -0.39 is 0 Å². The van der Waals surface area contributed by atoms with Crippen molar-refractivity contribution in [2.75, 3.05) is 19.6 Å². The second-order valence-electron chi connectivity index (χ2n) is 7.82. The molecule has 7 heteroatoms. The van der Waals surface area contributed by atoms with E-state index >= 15 is 0 Å². The Morgan fingerprint density at radius 1 is 1.25 bits per heavy atom. The van der Waals surface area contributed by atoms with E-state index in [0.717, 1.165) is 36.2 Å². The normalized spacial score (nSPS) is 23.4. The number of carbonyl (C=O) groups excluding carboxylic acids is 1. The third-order valence-corrected chi connectivity index (χ3v) is 6.12. The van der Waals surface area contributed by atoms with Crippen LogP contribution in [0.15, 0.2) is 47.4 Å². The van der Waals surface area contributed by atoms with Crippen LogP contribution in [0.2, 0.25) is 0 Å². The lowest BCUT2D eigenvalue weighted by Gasteiger charge is -2.43.